The molecule has 1 N–H and O–H groups in total. The summed E-state index contributed by atoms with van der Waals surface area (Å²) in [5.41, 5.74) is 0.622. The van der Waals surface area contributed by atoms with E-state index < -0.39 is 0 Å². The van der Waals surface area contributed by atoms with Crippen molar-refractivity contribution in [1.82, 2.24) is 5.32 Å². The standard InChI is InChI=1S/C18H25NO4/c1-2-11-22-16-8-6-15(7-9-16)18(20)19-10-4-12-21-14-17-5-3-13-23-17/h2,6-9,17H,1,3-5,10-14H2,(H,19,20). The number of ether oxygens (including phenoxy) is 3. The average Bonchev–Trinajstić information content (AvgIpc) is 3.09. The van der Waals surface area contributed by atoms with Gasteiger partial charge in [0.2, 0.25) is 0 Å². The van der Waals surface area contributed by atoms with Crippen LogP contribution in [0.3, 0.4) is 0 Å². The summed E-state index contributed by atoms with van der Waals surface area (Å²) in [6.07, 6.45) is 4.94. The van der Waals surface area contributed by atoms with E-state index in [1.165, 1.54) is 0 Å². The second-order valence-corrected chi connectivity index (χ2v) is 5.44. The van der Waals surface area contributed by atoms with Crippen LogP contribution in [0.4, 0.5) is 0 Å². The summed E-state index contributed by atoms with van der Waals surface area (Å²) < 4.78 is 16.4. The highest BCUT2D eigenvalue weighted by atomic mass is 16.5. The molecule has 1 fully saturated rings. The monoisotopic (exact) mass is 319 g/mol. The minimum Gasteiger partial charge on any atom is -0.490 e. The van der Waals surface area contributed by atoms with Crippen molar-refractivity contribution in [3.8, 4) is 5.75 Å². The fourth-order valence-corrected chi connectivity index (χ4v) is 2.33. The van der Waals surface area contributed by atoms with Crippen LogP contribution in [0.15, 0.2) is 36.9 Å². The third-order valence-corrected chi connectivity index (χ3v) is 3.56. The smallest absolute Gasteiger partial charge is 0.251 e. The Kier molecular flexibility index (Phi) is 7.63. The third kappa shape index (κ3) is 6.42. The molecule has 1 amide bonds. The third-order valence-electron chi connectivity index (χ3n) is 3.56. The maximum Gasteiger partial charge on any atom is 0.251 e. The van der Waals surface area contributed by atoms with Crippen molar-refractivity contribution in [2.24, 2.45) is 0 Å². The van der Waals surface area contributed by atoms with E-state index in [9.17, 15) is 4.79 Å². The molecule has 1 heterocycles. The molecule has 0 radical (unpaired) electrons. The topological polar surface area (TPSA) is 56.8 Å². The highest BCUT2D eigenvalue weighted by Crippen LogP contribution is 2.13. The molecule has 1 aromatic rings. The summed E-state index contributed by atoms with van der Waals surface area (Å²) in [7, 11) is 0. The lowest BCUT2D eigenvalue weighted by Gasteiger charge is -2.10. The number of carbonyl (C=O) groups is 1. The van der Waals surface area contributed by atoms with Crippen molar-refractivity contribution in [2.45, 2.75) is 25.4 Å². The van der Waals surface area contributed by atoms with E-state index in [-0.39, 0.29) is 12.0 Å². The van der Waals surface area contributed by atoms with Gasteiger partial charge in [0.15, 0.2) is 0 Å². The van der Waals surface area contributed by atoms with E-state index in [0.717, 1.165) is 31.6 Å². The Morgan fingerprint density at radius 1 is 1.39 bits per heavy atom. The van der Waals surface area contributed by atoms with Crippen LogP contribution in [0.5, 0.6) is 5.75 Å². The van der Waals surface area contributed by atoms with Crippen LogP contribution in [-0.4, -0.2) is 45.0 Å². The molecule has 0 aliphatic carbocycles. The zero-order chi connectivity index (χ0) is 16.3. The molecule has 0 saturated carbocycles. The Bertz CT molecular complexity index is 480. The van der Waals surface area contributed by atoms with Gasteiger partial charge in [-0.05, 0) is 43.5 Å². The molecule has 1 aliphatic heterocycles. The summed E-state index contributed by atoms with van der Waals surface area (Å²) in [5, 5.41) is 2.88. The fourth-order valence-electron chi connectivity index (χ4n) is 2.33. The molecule has 0 spiro atoms. The lowest BCUT2D eigenvalue weighted by molar-refractivity contribution is 0.0166. The Balaban J connectivity index is 1.57. The summed E-state index contributed by atoms with van der Waals surface area (Å²) in [4.78, 5) is 12.0. The second kappa shape index (κ2) is 10.0. The van der Waals surface area contributed by atoms with Crippen LogP contribution >= 0.6 is 0 Å². The molecule has 0 aromatic heterocycles. The number of hydrogen-bond donors (Lipinski definition) is 1. The lowest BCUT2D eigenvalue weighted by atomic mass is 10.2. The van der Waals surface area contributed by atoms with Gasteiger partial charge in [-0.25, -0.2) is 0 Å². The molecule has 0 bridgehead atoms. The molecule has 1 aliphatic rings. The zero-order valence-corrected chi connectivity index (χ0v) is 13.5. The van der Waals surface area contributed by atoms with Crippen molar-refractivity contribution >= 4 is 5.91 Å². The Hall–Kier alpha value is -1.85. The van der Waals surface area contributed by atoms with Crippen LogP contribution in [0.25, 0.3) is 0 Å². The molecule has 1 atom stereocenters. The number of amides is 1. The minimum absolute atomic E-state index is 0.0839. The second-order valence-electron chi connectivity index (χ2n) is 5.44. The fraction of sp³-hybridized carbons (Fsp3) is 0.500. The van der Waals surface area contributed by atoms with E-state index in [1.807, 2.05) is 0 Å². The number of benzene rings is 1. The van der Waals surface area contributed by atoms with Gasteiger partial charge in [-0.3, -0.25) is 4.79 Å². The highest BCUT2D eigenvalue weighted by Gasteiger charge is 2.14. The SMILES string of the molecule is C=CCOc1ccc(C(=O)NCCCOCC2CCCO2)cc1. The van der Waals surface area contributed by atoms with Crippen LogP contribution in [0, 0.1) is 0 Å². The van der Waals surface area contributed by atoms with Crippen molar-refractivity contribution in [1.29, 1.82) is 0 Å². The van der Waals surface area contributed by atoms with Gasteiger partial charge in [0.05, 0.1) is 12.7 Å². The molecule has 23 heavy (non-hydrogen) atoms. The first kappa shape index (κ1) is 17.5. The zero-order valence-electron chi connectivity index (χ0n) is 13.5. The van der Waals surface area contributed by atoms with Crippen molar-refractivity contribution < 1.29 is 19.0 Å². The quantitative estimate of drug-likeness (QED) is 0.532. The van der Waals surface area contributed by atoms with Gasteiger partial charge in [-0.1, -0.05) is 12.7 Å². The van der Waals surface area contributed by atoms with Gasteiger partial charge in [-0.15, -0.1) is 0 Å². The number of rotatable bonds is 10. The molecule has 1 saturated heterocycles. The molecule has 2 rings (SSSR count). The Morgan fingerprint density at radius 2 is 2.22 bits per heavy atom. The molecule has 1 unspecified atom stereocenters. The Morgan fingerprint density at radius 3 is 2.91 bits per heavy atom. The maximum absolute atomic E-state index is 12.0. The summed E-state index contributed by atoms with van der Waals surface area (Å²) >= 11 is 0. The molecule has 1 aromatic carbocycles. The number of hydrogen-bond acceptors (Lipinski definition) is 4. The predicted molar refractivity (Wildman–Crippen MR) is 88.9 cm³/mol. The van der Waals surface area contributed by atoms with Gasteiger partial charge in [0.1, 0.15) is 12.4 Å². The molecular formula is C18H25NO4. The van der Waals surface area contributed by atoms with Crippen molar-refractivity contribution in [3.05, 3.63) is 42.5 Å². The van der Waals surface area contributed by atoms with E-state index in [1.54, 1.807) is 30.3 Å². The summed E-state index contributed by atoms with van der Waals surface area (Å²) in [6.45, 7) is 6.78. The van der Waals surface area contributed by atoms with Gasteiger partial charge < -0.3 is 19.5 Å². The first-order chi connectivity index (χ1) is 11.3. The van der Waals surface area contributed by atoms with Gasteiger partial charge in [0.25, 0.3) is 5.91 Å². The van der Waals surface area contributed by atoms with Gasteiger partial charge >= 0.3 is 0 Å². The first-order valence-corrected chi connectivity index (χ1v) is 8.11. The van der Waals surface area contributed by atoms with Crippen molar-refractivity contribution in [2.75, 3.05) is 33.0 Å². The predicted octanol–water partition coefficient (Wildman–Crippen LogP) is 2.57. The normalized spacial score (nSPS) is 17.0. The van der Waals surface area contributed by atoms with Gasteiger partial charge in [0, 0.05) is 25.3 Å². The minimum atomic E-state index is -0.0839. The number of nitrogens with one attached hydrogen (secondary N) is 1. The molecular weight excluding hydrogens is 294 g/mol. The molecule has 126 valence electrons. The largest absolute Gasteiger partial charge is 0.490 e. The number of carbonyl (C=O) groups excluding carboxylic acids is 1. The van der Waals surface area contributed by atoms with Gasteiger partial charge in [-0.2, -0.15) is 0 Å². The van der Waals surface area contributed by atoms with Crippen LogP contribution < -0.4 is 10.1 Å². The summed E-state index contributed by atoms with van der Waals surface area (Å²) in [6, 6.07) is 7.07. The first-order valence-electron chi connectivity index (χ1n) is 8.11. The summed E-state index contributed by atoms with van der Waals surface area (Å²) in [5.74, 6) is 0.642. The van der Waals surface area contributed by atoms with E-state index in [0.29, 0.717) is 31.9 Å². The van der Waals surface area contributed by atoms with E-state index in [4.69, 9.17) is 14.2 Å². The van der Waals surface area contributed by atoms with E-state index >= 15 is 0 Å². The van der Waals surface area contributed by atoms with E-state index in [2.05, 4.69) is 11.9 Å². The van der Waals surface area contributed by atoms with Crippen LogP contribution in [0.1, 0.15) is 29.6 Å². The maximum atomic E-state index is 12.0. The average molecular weight is 319 g/mol. The lowest BCUT2D eigenvalue weighted by Crippen LogP contribution is -2.25. The van der Waals surface area contributed by atoms with Crippen LogP contribution in [-0.2, 0) is 9.47 Å². The Labute approximate surface area is 137 Å². The molecule has 5 nitrogen and oxygen atoms in total. The van der Waals surface area contributed by atoms with Crippen molar-refractivity contribution in [3.63, 3.8) is 0 Å². The molecule has 5 heteroatoms. The highest BCUT2D eigenvalue weighted by molar-refractivity contribution is 5.94. The van der Waals surface area contributed by atoms with Crippen LogP contribution in [0.2, 0.25) is 0 Å².